The summed E-state index contributed by atoms with van der Waals surface area (Å²) in [6.45, 7) is 3.25. The highest BCUT2D eigenvalue weighted by Gasteiger charge is 2.13. The lowest BCUT2D eigenvalue weighted by Gasteiger charge is -2.05. The van der Waals surface area contributed by atoms with E-state index in [2.05, 4.69) is 15.3 Å². The van der Waals surface area contributed by atoms with E-state index in [9.17, 15) is 13.2 Å². The van der Waals surface area contributed by atoms with Crippen molar-refractivity contribution in [2.24, 2.45) is 0 Å². The Hall–Kier alpha value is -1.95. The Morgan fingerprint density at radius 2 is 1.84 bits per heavy atom. The number of rotatable bonds is 4. The number of aromatic nitrogens is 2. The number of hydrogen-bond acceptors (Lipinski definition) is 3. The van der Waals surface area contributed by atoms with E-state index in [1.807, 2.05) is 6.92 Å². The largest absolute Gasteiger partial charge is 0.311 e. The molecule has 1 aromatic carbocycles. The maximum absolute atomic E-state index is 13.1. The third-order valence-corrected chi connectivity index (χ3v) is 2.51. The van der Waals surface area contributed by atoms with Crippen LogP contribution in [0.5, 0.6) is 0 Å². The lowest BCUT2D eigenvalue weighted by molar-refractivity contribution is 0.447. The first kappa shape index (κ1) is 13.5. The topological polar surface area (TPSA) is 37.8 Å². The lowest BCUT2D eigenvalue weighted by Crippen LogP contribution is -2.13. The highest BCUT2D eigenvalue weighted by molar-refractivity contribution is 5.55. The summed E-state index contributed by atoms with van der Waals surface area (Å²) in [4.78, 5) is 8.10. The van der Waals surface area contributed by atoms with E-state index in [1.54, 1.807) is 6.07 Å². The fraction of sp³-hybridized carbons (Fsp3) is 0.231. The molecule has 0 atom stereocenters. The second-order valence-electron chi connectivity index (χ2n) is 3.91. The molecule has 0 radical (unpaired) electrons. The van der Waals surface area contributed by atoms with Crippen LogP contribution in [-0.4, -0.2) is 16.5 Å². The van der Waals surface area contributed by atoms with Gasteiger partial charge in [0.2, 0.25) is 0 Å². The molecule has 2 rings (SSSR count). The number of halogens is 3. The number of nitrogens with zero attached hydrogens (tertiary/aromatic N) is 2. The molecule has 1 N–H and O–H groups in total. The van der Waals surface area contributed by atoms with Crippen LogP contribution in [0.15, 0.2) is 24.4 Å². The van der Waals surface area contributed by atoms with Crippen molar-refractivity contribution in [3.8, 4) is 11.4 Å². The first-order chi connectivity index (χ1) is 9.11. The fourth-order valence-corrected chi connectivity index (χ4v) is 1.57. The van der Waals surface area contributed by atoms with Crippen molar-refractivity contribution < 1.29 is 13.2 Å². The number of nitrogens with one attached hydrogen (secondary N) is 1. The normalized spacial score (nSPS) is 10.7. The van der Waals surface area contributed by atoms with Crippen LogP contribution in [-0.2, 0) is 6.54 Å². The monoisotopic (exact) mass is 267 g/mol. The second-order valence-corrected chi connectivity index (χ2v) is 3.91. The van der Waals surface area contributed by atoms with Crippen molar-refractivity contribution in [2.75, 3.05) is 6.54 Å². The molecule has 19 heavy (non-hydrogen) atoms. The maximum atomic E-state index is 13.1. The maximum Gasteiger partial charge on any atom is 0.194 e. The highest BCUT2D eigenvalue weighted by Crippen LogP contribution is 2.20. The quantitative estimate of drug-likeness (QED) is 0.865. The Kier molecular flexibility index (Phi) is 4.11. The van der Waals surface area contributed by atoms with Crippen molar-refractivity contribution in [3.63, 3.8) is 0 Å². The zero-order chi connectivity index (χ0) is 13.8. The highest BCUT2D eigenvalue weighted by atomic mass is 19.2. The summed E-state index contributed by atoms with van der Waals surface area (Å²) in [7, 11) is 0. The summed E-state index contributed by atoms with van der Waals surface area (Å²) in [5.41, 5.74) is 0.798. The lowest BCUT2D eigenvalue weighted by atomic mass is 10.2. The standard InChI is InChI=1S/C13H12F3N3/c1-2-17-7-9-3-4-18-13(19-9)8-5-10(14)12(16)11(15)6-8/h3-6,17H,2,7H2,1H3. The first-order valence-corrected chi connectivity index (χ1v) is 5.79. The van der Waals surface area contributed by atoms with E-state index in [-0.39, 0.29) is 11.4 Å². The first-order valence-electron chi connectivity index (χ1n) is 5.79. The molecule has 0 bridgehead atoms. The number of benzene rings is 1. The average molecular weight is 267 g/mol. The molecule has 0 saturated heterocycles. The Labute approximate surface area is 108 Å². The molecular weight excluding hydrogens is 255 g/mol. The summed E-state index contributed by atoms with van der Waals surface area (Å²) >= 11 is 0. The molecule has 3 nitrogen and oxygen atoms in total. The predicted octanol–water partition coefficient (Wildman–Crippen LogP) is 2.67. The van der Waals surface area contributed by atoms with Crippen LogP contribution in [0.4, 0.5) is 13.2 Å². The van der Waals surface area contributed by atoms with Crippen LogP contribution in [0.1, 0.15) is 12.6 Å². The Balaban J connectivity index is 2.36. The van der Waals surface area contributed by atoms with E-state index in [1.165, 1.54) is 6.20 Å². The molecule has 2 aromatic rings. The summed E-state index contributed by atoms with van der Waals surface area (Å²) in [6.07, 6.45) is 1.49. The molecule has 0 saturated carbocycles. The molecule has 6 heteroatoms. The third kappa shape index (κ3) is 3.08. The van der Waals surface area contributed by atoms with Gasteiger partial charge in [-0.1, -0.05) is 6.92 Å². The van der Waals surface area contributed by atoms with Gasteiger partial charge in [0.1, 0.15) is 0 Å². The van der Waals surface area contributed by atoms with E-state index in [0.29, 0.717) is 12.2 Å². The van der Waals surface area contributed by atoms with Gasteiger partial charge in [0, 0.05) is 18.3 Å². The van der Waals surface area contributed by atoms with Crippen molar-refractivity contribution in [1.82, 2.24) is 15.3 Å². The van der Waals surface area contributed by atoms with Gasteiger partial charge in [-0.15, -0.1) is 0 Å². The molecule has 0 spiro atoms. The van der Waals surface area contributed by atoms with Gasteiger partial charge < -0.3 is 5.32 Å². The predicted molar refractivity (Wildman–Crippen MR) is 64.7 cm³/mol. The number of hydrogen-bond donors (Lipinski definition) is 1. The van der Waals surface area contributed by atoms with Crippen molar-refractivity contribution in [3.05, 3.63) is 47.5 Å². The van der Waals surface area contributed by atoms with E-state index in [0.717, 1.165) is 18.7 Å². The van der Waals surface area contributed by atoms with Gasteiger partial charge in [0.15, 0.2) is 23.3 Å². The molecule has 1 aromatic heterocycles. The molecule has 1 heterocycles. The summed E-state index contributed by atoms with van der Waals surface area (Å²) < 4.78 is 39.2. The minimum atomic E-state index is -1.49. The van der Waals surface area contributed by atoms with E-state index in [4.69, 9.17) is 0 Å². The molecule has 0 fully saturated rings. The minimum Gasteiger partial charge on any atom is -0.311 e. The van der Waals surface area contributed by atoms with Crippen LogP contribution in [0.2, 0.25) is 0 Å². The smallest absolute Gasteiger partial charge is 0.194 e. The van der Waals surface area contributed by atoms with Gasteiger partial charge in [0.05, 0.1) is 5.69 Å². The average Bonchev–Trinajstić information content (AvgIpc) is 2.42. The van der Waals surface area contributed by atoms with E-state index < -0.39 is 17.5 Å². The van der Waals surface area contributed by atoms with Crippen LogP contribution < -0.4 is 5.32 Å². The Morgan fingerprint density at radius 1 is 1.16 bits per heavy atom. The summed E-state index contributed by atoms with van der Waals surface area (Å²) in [5.74, 6) is -3.84. The third-order valence-electron chi connectivity index (χ3n) is 2.51. The van der Waals surface area contributed by atoms with Crippen molar-refractivity contribution in [1.29, 1.82) is 0 Å². The van der Waals surface area contributed by atoms with Gasteiger partial charge in [-0.05, 0) is 24.7 Å². The minimum absolute atomic E-state index is 0.106. The van der Waals surface area contributed by atoms with Crippen LogP contribution in [0, 0.1) is 17.5 Å². The van der Waals surface area contributed by atoms with Crippen LogP contribution in [0.25, 0.3) is 11.4 Å². The molecule has 0 aliphatic heterocycles. The zero-order valence-corrected chi connectivity index (χ0v) is 10.3. The Bertz CT molecular complexity index is 564. The second kappa shape index (κ2) is 5.79. The summed E-state index contributed by atoms with van der Waals surface area (Å²) in [6, 6.07) is 3.46. The fourth-order valence-electron chi connectivity index (χ4n) is 1.57. The van der Waals surface area contributed by atoms with Crippen LogP contribution >= 0.6 is 0 Å². The SMILES string of the molecule is CCNCc1ccnc(-c2cc(F)c(F)c(F)c2)n1. The summed E-state index contributed by atoms with van der Waals surface area (Å²) in [5, 5.41) is 3.08. The van der Waals surface area contributed by atoms with Crippen molar-refractivity contribution >= 4 is 0 Å². The van der Waals surface area contributed by atoms with Gasteiger partial charge in [-0.25, -0.2) is 23.1 Å². The molecule has 0 aliphatic carbocycles. The van der Waals surface area contributed by atoms with Crippen molar-refractivity contribution in [2.45, 2.75) is 13.5 Å². The molecule has 0 aliphatic rings. The Morgan fingerprint density at radius 3 is 2.47 bits per heavy atom. The molecular formula is C13H12F3N3. The van der Waals surface area contributed by atoms with Gasteiger partial charge in [-0.2, -0.15) is 0 Å². The van der Waals surface area contributed by atoms with Gasteiger partial charge in [0.25, 0.3) is 0 Å². The molecule has 0 amide bonds. The molecule has 0 unspecified atom stereocenters. The van der Waals surface area contributed by atoms with Gasteiger partial charge in [-0.3, -0.25) is 0 Å². The zero-order valence-electron chi connectivity index (χ0n) is 10.3. The van der Waals surface area contributed by atoms with Crippen LogP contribution in [0.3, 0.4) is 0 Å². The van der Waals surface area contributed by atoms with Gasteiger partial charge >= 0.3 is 0 Å². The molecule has 100 valence electrons. The van der Waals surface area contributed by atoms with E-state index >= 15 is 0 Å².